The van der Waals surface area contributed by atoms with Crippen LogP contribution in [0.1, 0.15) is 19.3 Å². The van der Waals surface area contributed by atoms with Crippen LogP contribution in [-0.4, -0.2) is 23.9 Å². The van der Waals surface area contributed by atoms with E-state index in [0.29, 0.717) is 0 Å². The number of nitrogens with zero attached hydrogens (tertiary/aromatic N) is 1. The zero-order valence-electron chi connectivity index (χ0n) is 8.47. The zero-order valence-corrected chi connectivity index (χ0v) is 8.47. The fourth-order valence-corrected chi connectivity index (χ4v) is 0.954. The van der Waals surface area contributed by atoms with Gasteiger partial charge in [-0.3, -0.25) is 0 Å². The first-order chi connectivity index (χ1) is 7.81. The van der Waals surface area contributed by atoms with E-state index in [1.165, 1.54) is 6.07 Å². The molecule has 0 aliphatic carbocycles. The second kappa shape index (κ2) is 4.85. The molecule has 106 valence electrons. The molecular formula is C8H6F9N. The molecule has 0 unspecified atom stereocenters. The molecule has 10 heteroatoms. The summed E-state index contributed by atoms with van der Waals surface area (Å²) in [5.74, 6) is -19.0. The Morgan fingerprint density at radius 3 is 1.56 bits per heavy atom. The van der Waals surface area contributed by atoms with Crippen LogP contribution in [-0.2, 0) is 0 Å². The molecule has 1 nitrogen and oxygen atoms in total. The van der Waals surface area contributed by atoms with Crippen molar-refractivity contribution < 1.29 is 39.5 Å². The standard InChI is InChI=1S/C8H6F9N/c9-5(10,3-1-2-4-18)6(11,12)7(13,14)8(15,16)17/h1-3H2. The van der Waals surface area contributed by atoms with Gasteiger partial charge in [-0.2, -0.15) is 44.8 Å². The van der Waals surface area contributed by atoms with Crippen LogP contribution >= 0.6 is 0 Å². The minimum absolute atomic E-state index is 0.663. The van der Waals surface area contributed by atoms with Gasteiger partial charge in [-0.05, 0) is 6.42 Å². The summed E-state index contributed by atoms with van der Waals surface area (Å²) in [6, 6.07) is 1.27. The van der Waals surface area contributed by atoms with Crippen LogP contribution in [0, 0.1) is 11.3 Å². The molecule has 0 aromatic rings. The van der Waals surface area contributed by atoms with Gasteiger partial charge in [0.25, 0.3) is 0 Å². The molecule has 0 bridgehead atoms. The molecule has 0 atom stereocenters. The normalized spacial score (nSPS) is 14.4. The van der Waals surface area contributed by atoms with E-state index in [2.05, 4.69) is 0 Å². The van der Waals surface area contributed by atoms with E-state index in [-0.39, 0.29) is 0 Å². The lowest BCUT2D eigenvalue weighted by molar-refractivity contribution is -0.396. The minimum atomic E-state index is -6.85. The highest BCUT2D eigenvalue weighted by Crippen LogP contribution is 2.54. The molecule has 0 fully saturated rings. The van der Waals surface area contributed by atoms with Crippen molar-refractivity contribution in [3.8, 4) is 6.07 Å². The predicted octanol–water partition coefficient (Wildman–Crippen LogP) is 4.15. The van der Waals surface area contributed by atoms with Crippen molar-refractivity contribution in [2.45, 2.75) is 43.2 Å². The summed E-state index contributed by atoms with van der Waals surface area (Å²) in [7, 11) is 0. The molecule has 0 spiro atoms. The summed E-state index contributed by atoms with van der Waals surface area (Å²) < 4.78 is 110. The molecule has 0 saturated heterocycles. The fraction of sp³-hybridized carbons (Fsp3) is 0.875. The van der Waals surface area contributed by atoms with Gasteiger partial charge in [0.05, 0.1) is 6.07 Å². The predicted molar refractivity (Wildman–Crippen MR) is 40.4 cm³/mol. The number of hydrogen-bond donors (Lipinski definition) is 0. The molecule has 0 N–H and O–H groups in total. The Labute approximate surface area is 95.2 Å². The molecular weight excluding hydrogens is 281 g/mol. The highest BCUT2D eigenvalue weighted by Gasteiger charge is 2.81. The van der Waals surface area contributed by atoms with Gasteiger partial charge in [0.1, 0.15) is 0 Å². The lowest BCUT2D eigenvalue weighted by Gasteiger charge is -2.33. The Morgan fingerprint density at radius 2 is 1.22 bits per heavy atom. The van der Waals surface area contributed by atoms with Crippen molar-refractivity contribution in [3.05, 3.63) is 0 Å². The first-order valence-electron chi connectivity index (χ1n) is 4.38. The average molecular weight is 287 g/mol. The van der Waals surface area contributed by atoms with Gasteiger partial charge in [-0.1, -0.05) is 0 Å². The third-order valence-electron chi connectivity index (χ3n) is 1.99. The highest BCUT2D eigenvalue weighted by atomic mass is 19.4. The molecule has 0 heterocycles. The summed E-state index contributed by atoms with van der Waals surface area (Å²) in [6.45, 7) is 0. The lowest BCUT2D eigenvalue weighted by atomic mass is 9.99. The van der Waals surface area contributed by atoms with E-state index < -0.39 is 43.2 Å². The van der Waals surface area contributed by atoms with Crippen LogP contribution in [0.2, 0.25) is 0 Å². The maximum absolute atomic E-state index is 12.7. The van der Waals surface area contributed by atoms with Gasteiger partial charge in [0.15, 0.2) is 0 Å². The quantitative estimate of drug-likeness (QED) is 0.550. The van der Waals surface area contributed by atoms with Crippen LogP contribution in [0.5, 0.6) is 0 Å². The molecule has 0 rings (SSSR count). The Kier molecular flexibility index (Phi) is 4.55. The number of unbranched alkanes of at least 4 members (excludes halogenated alkanes) is 1. The third kappa shape index (κ3) is 2.81. The van der Waals surface area contributed by atoms with Crippen LogP contribution in [0.25, 0.3) is 0 Å². The first-order valence-corrected chi connectivity index (χ1v) is 4.38. The second-order valence-corrected chi connectivity index (χ2v) is 3.36. The summed E-state index contributed by atoms with van der Waals surface area (Å²) in [5.41, 5.74) is 0. The van der Waals surface area contributed by atoms with Crippen LogP contribution in [0.15, 0.2) is 0 Å². The molecule has 0 aromatic heterocycles. The van der Waals surface area contributed by atoms with Crippen LogP contribution < -0.4 is 0 Å². The van der Waals surface area contributed by atoms with Crippen molar-refractivity contribution >= 4 is 0 Å². The van der Waals surface area contributed by atoms with Gasteiger partial charge in [0, 0.05) is 12.8 Å². The molecule has 0 saturated carbocycles. The fourth-order valence-electron chi connectivity index (χ4n) is 0.954. The second-order valence-electron chi connectivity index (χ2n) is 3.36. The van der Waals surface area contributed by atoms with E-state index in [0.717, 1.165) is 0 Å². The van der Waals surface area contributed by atoms with Crippen molar-refractivity contribution in [2.75, 3.05) is 0 Å². The Morgan fingerprint density at radius 1 is 0.778 bits per heavy atom. The van der Waals surface area contributed by atoms with Crippen molar-refractivity contribution in [2.24, 2.45) is 0 Å². The van der Waals surface area contributed by atoms with E-state index in [4.69, 9.17) is 5.26 Å². The number of nitriles is 1. The van der Waals surface area contributed by atoms with Gasteiger partial charge in [0.2, 0.25) is 0 Å². The lowest BCUT2D eigenvalue weighted by Crippen LogP contribution is -2.60. The minimum Gasteiger partial charge on any atom is -0.200 e. The van der Waals surface area contributed by atoms with E-state index in [1.54, 1.807) is 0 Å². The topological polar surface area (TPSA) is 23.8 Å². The largest absolute Gasteiger partial charge is 0.460 e. The molecule has 0 aliphatic heterocycles. The summed E-state index contributed by atoms with van der Waals surface area (Å²) in [5, 5.41) is 7.94. The maximum atomic E-state index is 12.7. The molecule has 0 aromatic carbocycles. The maximum Gasteiger partial charge on any atom is 0.460 e. The smallest absolute Gasteiger partial charge is 0.200 e. The first kappa shape index (κ1) is 16.9. The average Bonchev–Trinajstić information content (AvgIpc) is 2.15. The summed E-state index contributed by atoms with van der Waals surface area (Å²) >= 11 is 0. The molecule has 0 radical (unpaired) electrons. The van der Waals surface area contributed by atoms with Crippen LogP contribution in [0.4, 0.5) is 39.5 Å². The van der Waals surface area contributed by atoms with Gasteiger partial charge < -0.3 is 0 Å². The van der Waals surface area contributed by atoms with Gasteiger partial charge in [-0.25, -0.2) is 0 Å². The van der Waals surface area contributed by atoms with E-state index in [9.17, 15) is 39.5 Å². The summed E-state index contributed by atoms with van der Waals surface area (Å²) in [6.07, 6.45) is -10.3. The van der Waals surface area contributed by atoms with Crippen molar-refractivity contribution in [1.82, 2.24) is 0 Å². The number of halogens is 9. The van der Waals surface area contributed by atoms with Crippen LogP contribution in [0.3, 0.4) is 0 Å². The van der Waals surface area contributed by atoms with E-state index in [1.807, 2.05) is 0 Å². The Bertz CT molecular complexity index is 324. The highest BCUT2D eigenvalue weighted by molar-refractivity contribution is 5.00. The summed E-state index contributed by atoms with van der Waals surface area (Å²) in [4.78, 5) is 0. The zero-order chi connectivity index (χ0) is 14.8. The Hall–Kier alpha value is -1.14. The number of alkyl halides is 9. The monoisotopic (exact) mass is 287 g/mol. The molecule has 0 aliphatic rings. The Balaban J connectivity index is 5.18. The van der Waals surface area contributed by atoms with E-state index >= 15 is 0 Å². The molecule has 18 heavy (non-hydrogen) atoms. The SMILES string of the molecule is N#CCCCC(F)(F)C(F)(F)C(F)(F)C(F)(F)F. The van der Waals surface area contributed by atoms with Gasteiger partial charge in [-0.15, -0.1) is 0 Å². The van der Waals surface area contributed by atoms with Gasteiger partial charge >= 0.3 is 23.9 Å². The number of rotatable bonds is 5. The number of hydrogen-bond acceptors (Lipinski definition) is 1. The van der Waals surface area contributed by atoms with Crippen molar-refractivity contribution in [1.29, 1.82) is 5.26 Å². The molecule has 0 amide bonds. The third-order valence-corrected chi connectivity index (χ3v) is 1.99. The van der Waals surface area contributed by atoms with Crippen molar-refractivity contribution in [3.63, 3.8) is 0 Å².